The first-order valence-corrected chi connectivity index (χ1v) is 9.44. The maximum Gasteiger partial charge on any atom is 0.335 e. The van der Waals surface area contributed by atoms with Crippen molar-refractivity contribution in [2.45, 2.75) is 0 Å². The van der Waals surface area contributed by atoms with Crippen LogP contribution in [0.25, 0.3) is 15.9 Å². The van der Waals surface area contributed by atoms with E-state index in [1.54, 1.807) is 42.5 Å². The molecule has 4 rings (SSSR count). The summed E-state index contributed by atoms with van der Waals surface area (Å²) in [4.78, 5) is 35.0. The molecule has 0 aliphatic carbocycles. The van der Waals surface area contributed by atoms with Crippen molar-refractivity contribution >= 4 is 56.1 Å². The van der Waals surface area contributed by atoms with E-state index in [1.165, 1.54) is 17.6 Å². The predicted octanol–water partition coefficient (Wildman–Crippen LogP) is 3.90. The minimum absolute atomic E-state index is 0.174. The molecule has 0 aliphatic heterocycles. The van der Waals surface area contributed by atoms with E-state index in [9.17, 15) is 14.7 Å². The molecule has 0 atom stereocenters. The molecule has 2 N–H and O–H groups in total. The normalized spacial score (nSPS) is 11.5. The summed E-state index contributed by atoms with van der Waals surface area (Å²) in [7, 11) is 0. The van der Waals surface area contributed by atoms with Gasteiger partial charge in [-0.25, -0.2) is 19.3 Å². The Morgan fingerprint density at radius 1 is 1.11 bits per heavy atom. The molecule has 0 aliphatic rings. The molecular weight excluding hydrogens is 423 g/mol. The molecule has 0 amide bonds. The van der Waals surface area contributed by atoms with Crippen LogP contribution in [0.2, 0.25) is 10.0 Å². The van der Waals surface area contributed by atoms with Crippen LogP contribution in [0.1, 0.15) is 5.56 Å². The number of nitrogens with zero attached hydrogens (tertiary/aromatic N) is 3. The van der Waals surface area contributed by atoms with Gasteiger partial charge in [-0.3, -0.25) is 9.78 Å². The van der Waals surface area contributed by atoms with E-state index in [0.717, 1.165) is 9.27 Å². The van der Waals surface area contributed by atoms with Gasteiger partial charge in [-0.1, -0.05) is 34.5 Å². The Morgan fingerprint density at radius 2 is 1.82 bits per heavy atom. The summed E-state index contributed by atoms with van der Waals surface area (Å²) in [6.07, 6.45) is 1.17. The number of H-pyrrole nitrogens is 1. The molecule has 7 nitrogen and oxygen atoms in total. The van der Waals surface area contributed by atoms with Crippen LogP contribution < -0.4 is 11.2 Å². The number of aromatic hydroxyl groups is 1. The SMILES string of the molecule is O=c1[nH]c(=O)n(-c2ccc(Cl)cc2)c(O)c1/C=N/c1nc2ccc(Cl)cc2s1. The van der Waals surface area contributed by atoms with Gasteiger partial charge in [0.25, 0.3) is 5.56 Å². The first-order valence-electron chi connectivity index (χ1n) is 7.87. The van der Waals surface area contributed by atoms with Gasteiger partial charge in [0.15, 0.2) is 0 Å². The summed E-state index contributed by atoms with van der Waals surface area (Å²) in [5, 5.41) is 11.9. The Labute approximate surface area is 171 Å². The summed E-state index contributed by atoms with van der Waals surface area (Å²) in [5.74, 6) is -0.538. The summed E-state index contributed by atoms with van der Waals surface area (Å²) in [6, 6.07) is 11.5. The fourth-order valence-corrected chi connectivity index (χ4v) is 3.76. The van der Waals surface area contributed by atoms with Gasteiger partial charge in [0, 0.05) is 16.3 Å². The Kier molecular flexibility index (Phi) is 4.76. The number of aromatic nitrogens is 3. The van der Waals surface area contributed by atoms with Gasteiger partial charge in [0.1, 0.15) is 5.56 Å². The van der Waals surface area contributed by atoms with Crippen molar-refractivity contribution in [2.24, 2.45) is 4.99 Å². The van der Waals surface area contributed by atoms with Gasteiger partial charge in [0.2, 0.25) is 11.0 Å². The zero-order valence-corrected chi connectivity index (χ0v) is 16.2. The van der Waals surface area contributed by atoms with Gasteiger partial charge in [-0.2, -0.15) is 0 Å². The highest BCUT2D eigenvalue weighted by Gasteiger charge is 2.14. The molecule has 0 bridgehead atoms. The van der Waals surface area contributed by atoms with Gasteiger partial charge in [0.05, 0.1) is 15.9 Å². The molecule has 0 saturated heterocycles. The molecular formula is C18H10Cl2N4O3S. The molecule has 2 aromatic carbocycles. The van der Waals surface area contributed by atoms with E-state index >= 15 is 0 Å². The van der Waals surface area contributed by atoms with Crippen molar-refractivity contribution in [3.63, 3.8) is 0 Å². The number of fused-ring (bicyclic) bond motifs is 1. The van der Waals surface area contributed by atoms with E-state index in [4.69, 9.17) is 23.2 Å². The number of aliphatic imine (C=N–C) groups is 1. The number of benzene rings is 2. The lowest BCUT2D eigenvalue weighted by Crippen LogP contribution is -2.31. The molecule has 10 heteroatoms. The topological polar surface area (TPSA) is 100 Å². The van der Waals surface area contributed by atoms with Crippen LogP contribution in [0.15, 0.2) is 57.0 Å². The van der Waals surface area contributed by atoms with Crippen LogP contribution in [0.4, 0.5) is 5.13 Å². The number of thiazole rings is 1. The first-order chi connectivity index (χ1) is 13.4. The molecule has 140 valence electrons. The average Bonchev–Trinajstić information content (AvgIpc) is 3.04. The maximum absolute atomic E-state index is 12.2. The summed E-state index contributed by atoms with van der Waals surface area (Å²) in [6.45, 7) is 0. The molecule has 2 heterocycles. The molecule has 0 saturated carbocycles. The minimum atomic E-state index is -0.781. The number of hydrogen-bond acceptors (Lipinski definition) is 6. The quantitative estimate of drug-likeness (QED) is 0.479. The van der Waals surface area contributed by atoms with Crippen molar-refractivity contribution in [1.29, 1.82) is 0 Å². The first kappa shape index (κ1) is 18.4. The smallest absolute Gasteiger partial charge is 0.335 e. The number of aromatic amines is 1. The second-order valence-corrected chi connectivity index (χ2v) is 7.56. The fourth-order valence-electron chi connectivity index (χ4n) is 2.55. The van der Waals surface area contributed by atoms with Crippen LogP contribution in [0, 0.1) is 0 Å². The van der Waals surface area contributed by atoms with E-state index in [2.05, 4.69) is 15.0 Å². The minimum Gasteiger partial charge on any atom is -0.493 e. The van der Waals surface area contributed by atoms with Crippen LogP contribution in [-0.4, -0.2) is 25.9 Å². The Bertz CT molecular complexity index is 1340. The number of halogens is 2. The number of hydrogen-bond donors (Lipinski definition) is 2. The monoisotopic (exact) mass is 432 g/mol. The second kappa shape index (κ2) is 7.23. The fraction of sp³-hybridized carbons (Fsp3) is 0. The number of rotatable bonds is 3. The van der Waals surface area contributed by atoms with Crippen molar-refractivity contribution in [2.75, 3.05) is 0 Å². The van der Waals surface area contributed by atoms with Crippen LogP contribution in [-0.2, 0) is 0 Å². The molecule has 28 heavy (non-hydrogen) atoms. The molecule has 4 aromatic rings. The third kappa shape index (κ3) is 3.45. The number of nitrogens with one attached hydrogen (secondary N) is 1. The average molecular weight is 433 g/mol. The van der Waals surface area contributed by atoms with Gasteiger partial charge < -0.3 is 5.11 Å². The Hall–Kier alpha value is -2.94. The molecule has 0 unspecified atom stereocenters. The lowest BCUT2D eigenvalue weighted by molar-refractivity contribution is 0.430. The van der Waals surface area contributed by atoms with E-state index in [0.29, 0.717) is 26.4 Å². The second-order valence-electron chi connectivity index (χ2n) is 5.68. The molecule has 0 radical (unpaired) electrons. The van der Waals surface area contributed by atoms with E-state index in [1.807, 2.05) is 0 Å². The van der Waals surface area contributed by atoms with Gasteiger partial charge >= 0.3 is 5.69 Å². The predicted molar refractivity (Wildman–Crippen MR) is 111 cm³/mol. The van der Waals surface area contributed by atoms with E-state index in [-0.39, 0.29) is 5.56 Å². The molecule has 0 fully saturated rings. The van der Waals surface area contributed by atoms with Gasteiger partial charge in [-0.15, -0.1) is 0 Å². The zero-order chi connectivity index (χ0) is 19.8. The zero-order valence-electron chi connectivity index (χ0n) is 13.9. The molecule has 2 aromatic heterocycles. The van der Waals surface area contributed by atoms with Crippen molar-refractivity contribution in [3.05, 3.63) is 78.9 Å². The van der Waals surface area contributed by atoms with E-state index < -0.39 is 17.1 Å². The van der Waals surface area contributed by atoms with Crippen LogP contribution in [0.3, 0.4) is 0 Å². The Morgan fingerprint density at radius 3 is 2.57 bits per heavy atom. The van der Waals surface area contributed by atoms with Crippen molar-refractivity contribution < 1.29 is 5.11 Å². The third-order valence-corrected chi connectivity index (χ3v) is 5.26. The summed E-state index contributed by atoms with van der Waals surface area (Å²) < 4.78 is 1.79. The van der Waals surface area contributed by atoms with Crippen molar-refractivity contribution in [1.82, 2.24) is 14.5 Å². The highest BCUT2D eigenvalue weighted by atomic mass is 35.5. The molecule has 0 spiro atoms. The van der Waals surface area contributed by atoms with Gasteiger partial charge in [-0.05, 0) is 42.5 Å². The highest BCUT2D eigenvalue weighted by molar-refractivity contribution is 7.22. The largest absolute Gasteiger partial charge is 0.493 e. The maximum atomic E-state index is 12.2. The summed E-state index contributed by atoms with van der Waals surface area (Å²) in [5.41, 5.74) is -0.665. The highest BCUT2D eigenvalue weighted by Crippen LogP contribution is 2.30. The summed E-state index contributed by atoms with van der Waals surface area (Å²) >= 11 is 13.1. The lowest BCUT2D eigenvalue weighted by atomic mass is 10.3. The van der Waals surface area contributed by atoms with Crippen molar-refractivity contribution in [3.8, 4) is 11.6 Å². The Balaban J connectivity index is 1.79. The van der Waals surface area contributed by atoms with Crippen LogP contribution >= 0.6 is 34.5 Å². The third-order valence-electron chi connectivity index (χ3n) is 3.85. The lowest BCUT2D eigenvalue weighted by Gasteiger charge is -2.09. The van der Waals surface area contributed by atoms with Crippen LogP contribution in [0.5, 0.6) is 5.88 Å². The standard InChI is InChI=1S/C18H10Cl2N4O3S/c19-9-1-4-11(5-2-9)24-16(26)12(15(25)23-18(24)27)8-21-17-22-13-6-3-10(20)7-14(13)28-17/h1-8,26H,(H,23,25,27)/b21-8+.